The van der Waals surface area contributed by atoms with Crippen LogP contribution in [0.25, 0.3) is 0 Å². The molecule has 1 heterocycles. The minimum atomic E-state index is -0.343. The van der Waals surface area contributed by atoms with Crippen LogP contribution in [0.5, 0.6) is 0 Å². The fourth-order valence-corrected chi connectivity index (χ4v) is 3.05. The van der Waals surface area contributed by atoms with Crippen molar-refractivity contribution in [1.82, 2.24) is 15.5 Å². The zero-order valence-corrected chi connectivity index (χ0v) is 16.2. The lowest BCUT2D eigenvalue weighted by atomic mass is 10.1. The lowest BCUT2D eigenvalue weighted by molar-refractivity contribution is -0.130. The lowest BCUT2D eigenvalue weighted by Crippen LogP contribution is -2.35. The molecule has 1 saturated heterocycles. The molecule has 0 aromatic heterocycles. The molecule has 0 saturated carbocycles. The van der Waals surface area contributed by atoms with Crippen molar-refractivity contribution < 1.29 is 14.4 Å². The number of anilines is 1. The summed E-state index contributed by atoms with van der Waals surface area (Å²) in [4.78, 5) is 38.3. The number of carbonyl (C=O) groups excluding carboxylic acids is 3. The number of hydrogen-bond donors (Lipinski definition) is 3. The quantitative estimate of drug-likeness (QED) is 0.641. The number of benzene rings is 1. The zero-order chi connectivity index (χ0) is 19.6. The Bertz CT molecular complexity index is 660. The second-order valence-corrected chi connectivity index (χ2v) is 7.10. The number of carbonyl (C=O) groups is 3. The van der Waals surface area contributed by atoms with Gasteiger partial charge in [-0.25, -0.2) is 4.79 Å². The van der Waals surface area contributed by atoms with Gasteiger partial charge in [-0.1, -0.05) is 18.6 Å². The van der Waals surface area contributed by atoms with Gasteiger partial charge in [-0.15, -0.1) is 0 Å². The highest BCUT2D eigenvalue weighted by atomic mass is 16.2. The van der Waals surface area contributed by atoms with Crippen molar-refractivity contribution in [3.63, 3.8) is 0 Å². The fourth-order valence-electron chi connectivity index (χ4n) is 3.05. The van der Waals surface area contributed by atoms with E-state index in [0.29, 0.717) is 37.2 Å². The Morgan fingerprint density at radius 1 is 1.15 bits per heavy atom. The highest BCUT2D eigenvalue weighted by Crippen LogP contribution is 2.15. The maximum absolute atomic E-state index is 12.5. The number of para-hydroxylation sites is 1. The second kappa shape index (κ2) is 10.5. The third-order valence-electron chi connectivity index (χ3n) is 4.40. The maximum Gasteiger partial charge on any atom is 0.319 e. The van der Waals surface area contributed by atoms with Crippen LogP contribution in [0.15, 0.2) is 24.3 Å². The molecule has 1 fully saturated rings. The van der Waals surface area contributed by atoms with Crippen LogP contribution in [-0.2, 0) is 4.79 Å². The molecule has 1 aromatic carbocycles. The van der Waals surface area contributed by atoms with Gasteiger partial charge in [0.2, 0.25) is 5.91 Å². The Hall–Kier alpha value is -2.57. The molecular weight excluding hydrogens is 344 g/mol. The summed E-state index contributed by atoms with van der Waals surface area (Å²) in [5.41, 5.74) is 0.887. The van der Waals surface area contributed by atoms with Crippen LogP contribution < -0.4 is 16.0 Å². The topological polar surface area (TPSA) is 90.5 Å². The van der Waals surface area contributed by atoms with Gasteiger partial charge in [0.15, 0.2) is 0 Å². The van der Waals surface area contributed by atoms with Crippen molar-refractivity contribution in [2.24, 2.45) is 0 Å². The Morgan fingerprint density at radius 2 is 1.93 bits per heavy atom. The van der Waals surface area contributed by atoms with Crippen molar-refractivity contribution in [2.45, 2.75) is 52.0 Å². The summed E-state index contributed by atoms with van der Waals surface area (Å²) in [5, 5.41) is 8.32. The van der Waals surface area contributed by atoms with E-state index in [1.165, 1.54) is 0 Å². The number of nitrogens with zero attached hydrogens (tertiary/aromatic N) is 1. The van der Waals surface area contributed by atoms with Crippen LogP contribution in [0.4, 0.5) is 10.5 Å². The van der Waals surface area contributed by atoms with E-state index in [4.69, 9.17) is 0 Å². The Labute approximate surface area is 160 Å². The van der Waals surface area contributed by atoms with Crippen molar-refractivity contribution in [2.75, 3.05) is 25.0 Å². The lowest BCUT2D eigenvalue weighted by Gasteiger charge is -2.20. The van der Waals surface area contributed by atoms with Gasteiger partial charge in [0.25, 0.3) is 5.91 Å². The van der Waals surface area contributed by atoms with Gasteiger partial charge in [-0.3, -0.25) is 9.59 Å². The predicted molar refractivity (Wildman–Crippen MR) is 106 cm³/mol. The summed E-state index contributed by atoms with van der Waals surface area (Å²) in [6.45, 7) is 5.69. The molecule has 4 amide bonds. The molecule has 0 atom stereocenters. The van der Waals surface area contributed by atoms with Crippen LogP contribution in [0.3, 0.4) is 0 Å². The van der Waals surface area contributed by atoms with E-state index in [9.17, 15) is 14.4 Å². The average molecular weight is 374 g/mol. The smallest absolute Gasteiger partial charge is 0.319 e. The molecular formula is C20H30N4O3. The number of urea groups is 1. The molecule has 0 spiro atoms. The van der Waals surface area contributed by atoms with E-state index in [-0.39, 0.29) is 23.9 Å². The first-order chi connectivity index (χ1) is 13.0. The molecule has 3 N–H and O–H groups in total. The number of rotatable bonds is 7. The summed E-state index contributed by atoms with van der Waals surface area (Å²) in [6.07, 6.45) is 4.47. The number of nitrogens with one attached hydrogen (secondary N) is 3. The first-order valence-corrected chi connectivity index (χ1v) is 9.70. The van der Waals surface area contributed by atoms with Gasteiger partial charge in [0, 0.05) is 32.1 Å². The Kier molecular flexibility index (Phi) is 8.10. The van der Waals surface area contributed by atoms with Gasteiger partial charge in [-0.2, -0.15) is 0 Å². The highest BCUT2D eigenvalue weighted by Gasteiger charge is 2.16. The van der Waals surface area contributed by atoms with Crippen LogP contribution in [0.2, 0.25) is 0 Å². The molecule has 7 nitrogen and oxygen atoms in total. The van der Waals surface area contributed by atoms with Crippen molar-refractivity contribution in [3.05, 3.63) is 29.8 Å². The number of likely N-dealkylation sites (tertiary alicyclic amines) is 1. The molecule has 7 heteroatoms. The van der Waals surface area contributed by atoms with Crippen LogP contribution >= 0.6 is 0 Å². The van der Waals surface area contributed by atoms with Crippen molar-refractivity contribution in [1.29, 1.82) is 0 Å². The minimum absolute atomic E-state index is 0.00712. The van der Waals surface area contributed by atoms with Crippen LogP contribution in [-0.4, -0.2) is 48.4 Å². The SMILES string of the molecule is CC(C)NC(=O)Nc1ccccc1C(=O)NCCCN1CCCCCC1=O. The molecule has 1 aliphatic heterocycles. The van der Waals surface area contributed by atoms with E-state index in [0.717, 1.165) is 25.8 Å². The number of hydrogen-bond acceptors (Lipinski definition) is 3. The van der Waals surface area contributed by atoms with Gasteiger partial charge >= 0.3 is 6.03 Å². The van der Waals surface area contributed by atoms with Crippen molar-refractivity contribution in [3.8, 4) is 0 Å². The molecule has 0 bridgehead atoms. The van der Waals surface area contributed by atoms with Crippen LogP contribution in [0, 0.1) is 0 Å². The van der Waals surface area contributed by atoms with E-state index in [2.05, 4.69) is 16.0 Å². The minimum Gasteiger partial charge on any atom is -0.352 e. The third kappa shape index (κ3) is 6.92. The molecule has 0 unspecified atom stereocenters. The average Bonchev–Trinajstić information content (AvgIpc) is 2.82. The molecule has 148 valence electrons. The molecule has 0 radical (unpaired) electrons. The van der Waals surface area contributed by atoms with Gasteiger partial charge in [0.1, 0.15) is 0 Å². The van der Waals surface area contributed by atoms with Crippen molar-refractivity contribution >= 4 is 23.5 Å². The highest BCUT2D eigenvalue weighted by molar-refractivity contribution is 6.03. The predicted octanol–water partition coefficient (Wildman–Crippen LogP) is 2.74. The maximum atomic E-state index is 12.5. The van der Waals surface area contributed by atoms with Gasteiger partial charge in [0.05, 0.1) is 11.3 Å². The van der Waals surface area contributed by atoms with Crippen LogP contribution in [0.1, 0.15) is 56.3 Å². The summed E-state index contributed by atoms with van der Waals surface area (Å²) < 4.78 is 0. The summed E-state index contributed by atoms with van der Waals surface area (Å²) >= 11 is 0. The van der Waals surface area contributed by atoms with E-state index < -0.39 is 0 Å². The number of amides is 4. The molecule has 27 heavy (non-hydrogen) atoms. The summed E-state index contributed by atoms with van der Waals surface area (Å²) in [7, 11) is 0. The standard InChI is InChI=1S/C20H30N4O3/c1-15(2)22-20(27)23-17-10-6-5-9-16(17)19(26)21-12-8-14-24-13-7-3-4-11-18(24)25/h5-6,9-10,15H,3-4,7-8,11-14H2,1-2H3,(H,21,26)(H2,22,23,27). The normalized spacial score (nSPS) is 14.6. The Balaban J connectivity index is 1.83. The molecule has 0 aliphatic carbocycles. The van der Waals surface area contributed by atoms with E-state index in [1.807, 2.05) is 18.7 Å². The third-order valence-corrected chi connectivity index (χ3v) is 4.40. The second-order valence-electron chi connectivity index (χ2n) is 7.10. The molecule has 1 aromatic rings. The molecule has 1 aliphatic rings. The fraction of sp³-hybridized carbons (Fsp3) is 0.550. The monoisotopic (exact) mass is 374 g/mol. The Morgan fingerprint density at radius 3 is 2.70 bits per heavy atom. The summed E-state index contributed by atoms with van der Waals surface area (Å²) in [6, 6.07) is 6.57. The van der Waals surface area contributed by atoms with Gasteiger partial charge < -0.3 is 20.9 Å². The first kappa shape index (κ1) is 20.7. The molecule has 2 rings (SSSR count). The first-order valence-electron chi connectivity index (χ1n) is 9.70. The summed E-state index contributed by atoms with van der Waals surface area (Å²) in [5.74, 6) is -0.0258. The largest absolute Gasteiger partial charge is 0.352 e. The van der Waals surface area contributed by atoms with E-state index in [1.54, 1.807) is 24.3 Å². The zero-order valence-electron chi connectivity index (χ0n) is 16.2. The van der Waals surface area contributed by atoms with Gasteiger partial charge in [-0.05, 0) is 45.2 Å². The van der Waals surface area contributed by atoms with E-state index >= 15 is 0 Å².